The minimum Gasteiger partial charge on any atom is -0.380 e. The van der Waals surface area contributed by atoms with Crippen molar-refractivity contribution in [1.82, 2.24) is 4.98 Å². The van der Waals surface area contributed by atoms with Crippen molar-refractivity contribution >= 4 is 17.3 Å². The quantitative estimate of drug-likeness (QED) is 0.822. The van der Waals surface area contributed by atoms with E-state index in [4.69, 9.17) is 11.6 Å². The number of nitrogens with one attached hydrogen (secondary N) is 1. The van der Waals surface area contributed by atoms with Crippen LogP contribution in [0, 0.1) is 5.92 Å². The van der Waals surface area contributed by atoms with Gasteiger partial charge in [0.15, 0.2) is 0 Å². The van der Waals surface area contributed by atoms with Crippen LogP contribution in [-0.4, -0.2) is 11.0 Å². The number of aromatic nitrogens is 1. The molecule has 0 saturated heterocycles. The normalized spacial score (nSPS) is 12.9. The van der Waals surface area contributed by atoms with Gasteiger partial charge in [0.25, 0.3) is 0 Å². The van der Waals surface area contributed by atoms with Gasteiger partial charge in [0.1, 0.15) is 0 Å². The van der Waals surface area contributed by atoms with Gasteiger partial charge in [-0.25, -0.2) is 0 Å². The van der Waals surface area contributed by atoms with Gasteiger partial charge in [0.05, 0.1) is 16.9 Å². The second kappa shape index (κ2) is 5.96. The van der Waals surface area contributed by atoms with Crippen molar-refractivity contribution in [3.63, 3.8) is 0 Å². The van der Waals surface area contributed by atoms with Crippen molar-refractivity contribution in [3.05, 3.63) is 23.5 Å². The molecule has 0 fully saturated rings. The lowest BCUT2D eigenvalue weighted by Gasteiger charge is -2.16. The predicted molar refractivity (Wildman–Crippen MR) is 66.4 cm³/mol. The Morgan fingerprint density at radius 1 is 1.33 bits per heavy atom. The highest BCUT2D eigenvalue weighted by Gasteiger charge is 2.05. The molecule has 0 spiro atoms. The average Bonchev–Trinajstić information content (AvgIpc) is 2.18. The molecule has 0 bridgehead atoms. The number of hydrogen-bond donors (Lipinski definition) is 1. The van der Waals surface area contributed by atoms with Gasteiger partial charge >= 0.3 is 0 Å². The molecule has 0 radical (unpaired) electrons. The van der Waals surface area contributed by atoms with E-state index < -0.39 is 0 Å². The fourth-order valence-corrected chi connectivity index (χ4v) is 1.56. The van der Waals surface area contributed by atoms with E-state index in [1.165, 1.54) is 6.42 Å². The molecule has 15 heavy (non-hydrogen) atoms. The molecule has 1 heterocycles. The highest BCUT2D eigenvalue weighted by atomic mass is 35.5. The second-order valence-corrected chi connectivity index (χ2v) is 4.78. The van der Waals surface area contributed by atoms with Crippen LogP contribution in [0.5, 0.6) is 0 Å². The molecule has 1 atom stereocenters. The Morgan fingerprint density at radius 2 is 2.07 bits per heavy atom. The lowest BCUT2D eigenvalue weighted by Crippen LogP contribution is -2.16. The standard InChI is InChI=1S/C12H19ClN2/c1-9(2)4-5-10(3)15-12-8-14-7-6-11(12)13/h6-10,15H,4-5H2,1-3H3. The Labute approximate surface area is 97.1 Å². The van der Waals surface area contributed by atoms with Crippen molar-refractivity contribution in [2.45, 2.75) is 39.7 Å². The lowest BCUT2D eigenvalue weighted by atomic mass is 10.0. The third-order valence-electron chi connectivity index (χ3n) is 2.35. The zero-order valence-corrected chi connectivity index (χ0v) is 10.4. The molecule has 1 N–H and O–H groups in total. The molecule has 3 heteroatoms. The third kappa shape index (κ3) is 4.52. The van der Waals surface area contributed by atoms with Gasteiger partial charge in [-0.15, -0.1) is 0 Å². The maximum atomic E-state index is 6.03. The van der Waals surface area contributed by atoms with E-state index in [0.29, 0.717) is 6.04 Å². The smallest absolute Gasteiger partial charge is 0.0718 e. The van der Waals surface area contributed by atoms with Crippen LogP contribution in [0.2, 0.25) is 5.02 Å². The first kappa shape index (κ1) is 12.3. The van der Waals surface area contributed by atoms with Crippen LogP contribution in [0.25, 0.3) is 0 Å². The minimum absolute atomic E-state index is 0.439. The number of halogens is 1. The molecule has 0 aliphatic heterocycles. The van der Waals surface area contributed by atoms with Crippen LogP contribution in [0.1, 0.15) is 33.6 Å². The van der Waals surface area contributed by atoms with E-state index in [0.717, 1.165) is 23.0 Å². The SMILES string of the molecule is CC(C)CCC(C)Nc1cnccc1Cl. The van der Waals surface area contributed by atoms with Crippen LogP contribution < -0.4 is 5.32 Å². The fourth-order valence-electron chi connectivity index (χ4n) is 1.40. The predicted octanol–water partition coefficient (Wildman–Crippen LogP) is 3.97. The number of hydrogen-bond acceptors (Lipinski definition) is 2. The molecule has 0 amide bonds. The van der Waals surface area contributed by atoms with Gasteiger partial charge < -0.3 is 5.32 Å². The van der Waals surface area contributed by atoms with Gasteiger partial charge in [-0.05, 0) is 31.7 Å². The van der Waals surface area contributed by atoms with Crippen molar-refractivity contribution in [3.8, 4) is 0 Å². The van der Waals surface area contributed by atoms with Crippen LogP contribution in [0.3, 0.4) is 0 Å². The zero-order chi connectivity index (χ0) is 11.3. The summed E-state index contributed by atoms with van der Waals surface area (Å²) < 4.78 is 0. The summed E-state index contributed by atoms with van der Waals surface area (Å²) in [6.07, 6.45) is 5.86. The van der Waals surface area contributed by atoms with Gasteiger partial charge in [0, 0.05) is 12.2 Å². The van der Waals surface area contributed by atoms with Crippen molar-refractivity contribution in [2.24, 2.45) is 5.92 Å². The summed E-state index contributed by atoms with van der Waals surface area (Å²) in [5.74, 6) is 0.749. The van der Waals surface area contributed by atoms with Crippen molar-refractivity contribution < 1.29 is 0 Å². The highest BCUT2D eigenvalue weighted by molar-refractivity contribution is 6.33. The maximum Gasteiger partial charge on any atom is 0.0718 e. The molecule has 0 saturated carbocycles. The molecule has 1 rings (SSSR count). The van der Waals surface area contributed by atoms with Gasteiger partial charge in [-0.1, -0.05) is 25.4 Å². The number of nitrogens with zero attached hydrogens (tertiary/aromatic N) is 1. The van der Waals surface area contributed by atoms with Crippen LogP contribution in [0.4, 0.5) is 5.69 Å². The van der Waals surface area contributed by atoms with Crippen LogP contribution >= 0.6 is 11.6 Å². The molecule has 1 aromatic heterocycles. The summed E-state index contributed by atoms with van der Waals surface area (Å²) >= 11 is 6.03. The molecule has 0 aliphatic rings. The third-order valence-corrected chi connectivity index (χ3v) is 2.68. The van der Waals surface area contributed by atoms with Gasteiger partial charge in [-0.3, -0.25) is 4.98 Å². The van der Waals surface area contributed by atoms with Gasteiger partial charge in [0.2, 0.25) is 0 Å². The first-order chi connectivity index (χ1) is 7.09. The summed E-state index contributed by atoms with van der Waals surface area (Å²) in [7, 11) is 0. The Balaban J connectivity index is 2.44. The number of rotatable bonds is 5. The summed E-state index contributed by atoms with van der Waals surface area (Å²) in [6, 6.07) is 2.24. The van der Waals surface area contributed by atoms with E-state index in [1.54, 1.807) is 18.5 Å². The molecule has 1 aromatic rings. The highest BCUT2D eigenvalue weighted by Crippen LogP contribution is 2.21. The topological polar surface area (TPSA) is 24.9 Å². The fraction of sp³-hybridized carbons (Fsp3) is 0.583. The van der Waals surface area contributed by atoms with Gasteiger partial charge in [-0.2, -0.15) is 0 Å². The molecule has 2 nitrogen and oxygen atoms in total. The number of pyridine rings is 1. The van der Waals surface area contributed by atoms with E-state index in [9.17, 15) is 0 Å². The summed E-state index contributed by atoms with van der Waals surface area (Å²) in [5, 5.41) is 4.11. The van der Waals surface area contributed by atoms with Crippen molar-refractivity contribution in [2.75, 3.05) is 5.32 Å². The molecular formula is C12H19ClN2. The summed E-state index contributed by atoms with van der Waals surface area (Å²) in [5.41, 5.74) is 0.926. The molecule has 0 aliphatic carbocycles. The first-order valence-electron chi connectivity index (χ1n) is 5.45. The maximum absolute atomic E-state index is 6.03. The number of anilines is 1. The van der Waals surface area contributed by atoms with E-state index >= 15 is 0 Å². The van der Waals surface area contributed by atoms with E-state index in [1.807, 2.05) is 0 Å². The molecule has 84 valence electrons. The Bertz CT molecular complexity index is 299. The molecule has 1 unspecified atom stereocenters. The molecular weight excluding hydrogens is 208 g/mol. The average molecular weight is 227 g/mol. The monoisotopic (exact) mass is 226 g/mol. The summed E-state index contributed by atoms with van der Waals surface area (Å²) in [6.45, 7) is 6.65. The lowest BCUT2D eigenvalue weighted by molar-refractivity contribution is 0.527. The zero-order valence-electron chi connectivity index (χ0n) is 9.63. The largest absolute Gasteiger partial charge is 0.380 e. The summed E-state index contributed by atoms with van der Waals surface area (Å²) in [4.78, 5) is 4.05. The van der Waals surface area contributed by atoms with Crippen molar-refractivity contribution in [1.29, 1.82) is 0 Å². The minimum atomic E-state index is 0.439. The van der Waals surface area contributed by atoms with E-state index in [-0.39, 0.29) is 0 Å². The van der Waals surface area contributed by atoms with E-state index in [2.05, 4.69) is 31.1 Å². The second-order valence-electron chi connectivity index (χ2n) is 4.37. The Hall–Kier alpha value is -0.760. The molecule has 0 aromatic carbocycles. The Morgan fingerprint density at radius 3 is 2.67 bits per heavy atom. The Kier molecular flexibility index (Phi) is 4.89. The van der Waals surface area contributed by atoms with Crippen LogP contribution in [-0.2, 0) is 0 Å². The van der Waals surface area contributed by atoms with Crippen LogP contribution in [0.15, 0.2) is 18.5 Å². The first-order valence-corrected chi connectivity index (χ1v) is 5.83.